The minimum absolute atomic E-state index is 0. The number of rotatable bonds is 5. The van der Waals surface area contributed by atoms with E-state index in [0.29, 0.717) is 23.8 Å². The number of pyridine rings is 1. The van der Waals surface area contributed by atoms with Gasteiger partial charge in [-0.25, -0.2) is 13.4 Å². The van der Waals surface area contributed by atoms with Gasteiger partial charge in [0.25, 0.3) is 0 Å². The summed E-state index contributed by atoms with van der Waals surface area (Å²) in [5.41, 5.74) is 0. The molecule has 0 radical (unpaired) electrons. The van der Waals surface area contributed by atoms with E-state index in [9.17, 15) is 8.42 Å². The number of halogens is 2. The van der Waals surface area contributed by atoms with Gasteiger partial charge in [0.2, 0.25) is 10.0 Å². The largest absolute Gasteiger partial charge is 0.353 e. The molecule has 0 N–H and O–H groups in total. The standard InChI is InChI=1S/C14H24N4O2S.2ClH/c1-4-18(5-2)21(19,20)13-7-6-8-15-14(13)17-11-9-16(3)10-12-17;;/h6-8H,4-5,9-12H2,1-3H3;2*1H. The van der Waals surface area contributed by atoms with Crippen molar-refractivity contribution in [3.05, 3.63) is 18.3 Å². The lowest BCUT2D eigenvalue weighted by Gasteiger charge is -2.34. The number of hydrogen-bond donors (Lipinski definition) is 0. The summed E-state index contributed by atoms with van der Waals surface area (Å²) in [6.45, 7) is 8.08. The van der Waals surface area contributed by atoms with Crippen LogP contribution in [-0.2, 0) is 10.0 Å². The van der Waals surface area contributed by atoms with Gasteiger partial charge in [0.05, 0.1) is 0 Å². The summed E-state index contributed by atoms with van der Waals surface area (Å²) in [4.78, 5) is 8.96. The van der Waals surface area contributed by atoms with Crippen LogP contribution in [0.2, 0.25) is 0 Å². The van der Waals surface area contributed by atoms with Crippen LogP contribution in [0.5, 0.6) is 0 Å². The molecule has 0 aromatic carbocycles. The van der Waals surface area contributed by atoms with Crippen molar-refractivity contribution in [2.75, 3.05) is 51.2 Å². The molecule has 9 heteroatoms. The van der Waals surface area contributed by atoms with Crippen molar-refractivity contribution in [3.8, 4) is 0 Å². The first kappa shape index (κ1) is 22.4. The topological polar surface area (TPSA) is 56.8 Å². The monoisotopic (exact) mass is 384 g/mol. The highest BCUT2D eigenvalue weighted by Gasteiger charge is 2.28. The second-order valence-electron chi connectivity index (χ2n) is 5.20. The minimum Gasteiger partial charge on any atom is -0.353 e. The van der Waals surface area contributed by atoms with Gasteiger partial charge in [-0.05, 0) is 19.2 Å². The third-order valence-corrected chi connectivity index (χ3v) is 5.95. The fraction of sp³-hybridized carbons (Fsp3) is 0.643. The van der Waals surface area contributed by atoms with Crippen LogP contribution < -0.4 is 4.90 Å². The molecule has 1 aliphatic heterocycles. The highest BCUT2D eigenvalue weighted by molar-refractivity contribution is 7.89. The summed E-state index contributed by atoms with van der Waals surface area (Å²) in [6.07, 6.45) is 1.66. The highest BCUT2D eigenvalue weighted by Crippen LogP contribution is 2.26. The molecule has 1 saturated heterocycles. The Hall–Kier alpha value is -0.600. The van der Waals surface area contributed by atoms with Gasteiger partial charge in [-0.15, -0.1) is 24.8 Å². The van der Waals surface area contributed by atoms with Gasteiger partial charge >= 0.3 is 0 Å². The fourth-order valence-corrected chi connectivity index (χ4v) is 4.16. The fourth-order valence-electron chi connectivity index (χ4n) is 2.54. The SMILES string of the molecule is CCN(CC)S(=O)(=O)c1cccnc1N1CCN(C)CC1.Cl.Cl. The van der Waals surface area contributed by atoms with E-state index in [0.717, 1.165) is 26.2 Å². The first-order valence-electron chi connectivity index (χ1n) is 7.39. The summed E-state index contributed by atoms with van der Waals surface area (Å²) in [6, 6.07) is 3.35. The Morgan fingerprint density at radius 1 is 1.13 bits per heavy atom. The van der Waals surface area contributed by atoms with Crippen molar-refractivity contribution in [2.45, 2.75) is 18.7 Å². The molecule has 23 heavy (non-hydrogen) atoms. The van der Waals surface area contributed by atoms with E-state index < -0.39 is 10.0 Å². The first-order chi connectivity index (χ1) is 10.0. The molecule has 2 heterocycles. The number of anilines is 1. The molecule has 0 bridgehead atoms. The molecule has 1 aromatic rings. The van der Waals surface area contributed by atoms with Gasteiger partial charge in [-0.3, -0.25) is 0 Å². The molecule has 134 valence electrons. The summed E-state index contributed by atoms with van der Waals surface area (Å²) >= 11 is 0. The number of nitrogens with zero attached hydrogens (tertiary/aromatic N) is 4. The normalized spacial score (nSPS) is 15.9. The van der Waals surface area contributed by atoms with Crippen LogP contribution in [0.25, 0.3) is 0 Å². The second-order valence-corrected chi connectivity index (χ2v) is 7.11. The zero-order chi connectivity index (χ0) is 15.5. The van der Waals surface area contributed by atoms with Crippen LogP contribution in [0.3, 0.4) is 0 Å². The van der Waals surface area contributed by atoms with Crippen LogP contribution in [0.15, 0.2) is 23.2 Å². The number of piperazine rings is 1. The molecule has 0 aliphatic carbocycles. The predicted octanol–water partition coefficient (Wildman–Crippen LogP) is 1.71. The third kappa shape index (κ3) is 4.93. The van der Waals surface area contributed by atoms with Crippen molar-refractivity contribution in [1.82, 2.24) is 14.2 Å². The van der Waals surface area contributed by atoms with Crippen molar-refractivity contribution in [2.24, 2.45) is 0 Å². The molecule has 1 fully saturated rings. The Morgan fingerprint density at radius 3 is 2.22 bits per heavy atom. The molecule has 0 unspecified atom stereocenters. The number of aromatic nitrogens is 1. The van der Waals surface area contributed by atoms with E-state index >= 15 is 0 Å². The summed E-state index contributed by atoms with van der Waals surface area (Å²) < 4.78 is 27.0. The average molecular weight is 385 g/mol. The lowest BCUT2D eigenvalue weighted by Crippen LogP contribution is -2.45. The Labute approximate surface area is 151 Å². The Kier molecular flexibility index (Phi) is 9.39. The van der Waals surface area contributed by atoms with E-state index in [1.807, 2.05) is 13.8 Å². The number of hydrogen-bond acceptors (Lipinski definition) is 5. The smallest absolute Gasteiger partial charge is 0.246 e. The van der Waals surface area contributed by atoms with Crippen molar-refractivity contribution in [3.63, 3.8) is 0 Å². The molecule has 0 saturated carbocycles. The lowest BCUT2D eigenvalue weighted by molar-refractivity contribution is 0.311. The van der Waals surface area contributed by atoms with Crippen LogP contribution in [0, 0.1) is 0 Å². The van der Waals surface area contributed by atoms with Gasteiger partial charge < -0.3 is 9.80 Å². The Bertz CT molecular complexity index is 574. The molecule has 6 nitrogen and oxygen atoms in total. The van der Waals surface area contributed by atoms with Gasteiger partial charge in [-0.2, -0.15) is 4.31 Å². The number of sulfonamides is 1. The third-order valence-electron chi connectivity index (χ3n) is 3.88. The van der Waals surface area contributed by atoms with Crippen LogP contribution >= 0.6 is 24.8 Å². The molecular weight excluding hydrogens is 359 g/mol. The van der Waals surface area contributed by atoms with Gasteiger partial charge in [0, 0.05) is 45.5 Å². The zero-order valence-corrected chi connectivity index (χ0v) is 16.3. The van der Waals surface area contributed by atoms with Gasteiger partial charge in [-0.1, -0.05) is 13.8 Å². The average Bonchev–Trinajstić information content (AvgIpc) is 2.49. The summed E-state index contributed by atoms with van der Waals surface area (Å²) in [5.74, 6) is 0.581. The van der Waals surface area contributed by atoms with E-state index in [2.05, 4.69) is 21.8 Å². The molecule has 0 spiro atoms. The van der Waals surface area contributed by atoms with E-state index in [1.165, 1.54) is 4.31 Å². The molecule has 2 rings (SSSR count). The Balaban J connectivity index is 0.00000242. The van der Waals surface area contributed by atoms with Crippen molar-refractivity contribution >= 4 is 40.7 Å². The quantitative estimate of drug-likeness (QED) is 0.773. The second kappa shape index (κ2) is 9.64. The first-order valence-corrected chi connectivity index (χ1v) is 8.83. The van der Waals surface area contributed by atoms with E-state index in [-0.39, 0.29) is 24.8 Å². The van der Waals surface area contributed by atoms with Crippen LogP contribution in [-0.4, -0.2) is 68.9 Å². The van der Waals surface area contributed by atoms with Gasteiger partial charge in [0.1, 0.15) is 10.7 Å². The number of likely N-dealkylation sites (N-methyl/N-ethyl adjacent to an activating group) is 1. The molecular formula is C14H26Cl2N4O2S. The highest BCUT2D eigenvalue weighted by atomic mass is 35.5. The molecule has 0 atom stereocenters. The lowest BCUT2D eigenvalue weighted by atomic mass is 10.3. The van der Waals surface area contributed by atoms with Crippen LogP contribution in [0.4, 0.5) is 5.82 Å². The zero-order valence-electron chi connectivity index (χ0n) is 13.8. The summed E-state index contributed by atoms with van der Waals surface area (Å²) in [7, 11) is -1.41. The van der Waals surface area contributed by atoms with Crippen LogP contribution in [0.1, 0.15) is 13.8 Å². The minimum atomic E-state index is -3.48. The Morgan fingerprint density at radius 2 is 1.70 bits per heavy atom. The molecule has 1 aromatic heterocycles. The maximum absolute atomic E-state index is 12.8. The van der Waals surface area contributed by atoms with Crippen molar-refractivity contribution < 1.29 is 8.42 Å². The maximum Gasteiger partial charge on any atom is 0.246 e. The molecule has 1 aliphatic rings. The molecule has 0 amide bonds. The summed E-state index contributed by atoms with van der Waals surface area (Å²) in [5, 5.41) is 0. The van der Waals surface area contributed by atoms with E-state index in [4.69, 9.17) is 0 Å². The van der Waals surface area contributed by atoms with E-state index in [1.54, 1.807) is 18.3 Å². The van der Waals surface area contributed by atoms with Crippen molar-refractivity contribution in [1.29, 1.82) is 0 Å². The van der Waals surface area contributed by atoms with Gasteiger partial charge in [0.15, 0.2) is 0 Å². The predicted molar refractivity (Wildman–Crippen MR) is 98.5 cm³/mol. The maximum atomic E-state index is 12.8.